The fourth-order valence-corrected chi connectivity index (χ4v) is 3.20. The van der Waals surface area contributed by atoms with Crippen LogP contribution in [0.1, 0.15) is 12.5 Å². The molecule has 0 bridgehead atoms. The largest absolute Gasteiger partial charge is 0.476 e. The molecule has 0 spiro atoms. The Balaban J connectivity index is 1.59. The Morgan fingerprint density at radius 3 is 2.56 bits per heavy atom. The normalized spacial score (nSPS) is 15.1. The lowest BCUT2D eigenvalue weighted by molar-refractivity contribution is 0.0342. The van der Waals surface area contributed by atoms with Crippen LogP contribution in [0.15, 0.2) is 36.4 Å². The number of hydrogen-bond donors (Lipinski definition) is 1. The summed E-state index contributed by atoms with van der Waals surface area (Å²) in [5, 5.41) is 0. The summed E-state index contributed by atoms with van der Waals surface area (Å²) in [7, 11) is 0. The monoisotopic (exact) mass is 365 g/mol. The Bertz CT molecular complexity index is 924. The van der Waals surface area contributed by atoms with Gasteiger partial charge in [-0.15, -0.1) is 0 Å². The third-order valence-corrected chi connectivity index (χ3v) is 4.57. The molecule has 0 aliphatic carbocycles. The van der Waals surface area contributed by atoms with Crippen LogP contribution in [-0.4, -0.2) is 52.8 Å². The summed E-state index contributed by atoms with van der Waals surface area (Å²) in [4.78, 5) is 15.5. The van der Waals surface area contributed by atoms with Crippen molar-refractivity contribution in [2.24, 2.45) is 0 Å². The van der Waals surface area contributed by atoms with Crippen molar-refractivity contribution in [2.45, 2.75) is 13.5 Å². The summed E-state index contributed by atoms with van der Waals surface area (Å²) in [5.74, 6) is 0.610. The van der Waals surface area contributed by atoms with Crippen LogP contribution in [0.2, 0.25) is 0 Å². The highest BCUT2D eigenvalue weighted by Crippen LogP contribution is 2.26. The van der Waals surface area contributed by atoms with E-state index in [0.717, 1.165) is 44.1 Å². The molecule has 2 aromatic heterocycles. The number of fused-ring (bicyclic) bond motifs is 1. The number of hydrogen-bond acceptors (Lipinski definition) is 7. The zero-order valence-corrected chi connectivity index (χ0v) is 15.4. The summed E-state index contributed by atoms with van der Waals surface area (Å²) < 4.78 is 11.0. The Hall–Kier alpha value is -2.77. The molecule has 7 nitrogen and oxygen atoms in total. The van der Waals surface area contributed by atoms with E-state index in [1.807, 2.05) is 19.1 Å². The van der Waals surface area contributed by atoms with E-state index >= 15 is 0 Å². The van der Waals surface area contributed by atoms with Crippen molar-refractivity contribution in [3.8, 4) is 17.1 Å². The fourth-order valence-electron chi connectivity index (χ4n) is 3.20. The van der Waals surface area contributed by atoms with Gasteiger partial charge in [0.15, 0.2) is 5.52 Å². The molecule has 3 aromatic rings. The van der Waals surface area contributed by atoms with Gasteiger partial charge in [0.2, 0.25) is 11.8 Å². The summed E-state index contributed by atoms with van der Waals surface area (Å²) in [6.45, 7) is 6.93. The van der Waals surface area contributed by atoms with Gasteiger partial charge in [-0.25, -0.2) is 9.97 Å². The molecule has 1 aliphatic rings. The van der Waals surface area contributed by atoms with Crippen LogP contribution in [0.4, 0.5) is 5.95 Å². The molecule has 1 fully saturated rings. The molecule has 0 unspecified atom stereocenters. The highest BCUT2D eigenvalue weighted by atomic mass is 16.5. The van der Waals surface area contributed by atoms with Crippen LogP contribution in [0.5, 0.6) is 5.88 Å². The molecule has 1 aliphatic heterocycles. The lowest BCUT2D eigenvalue weighted by atomic mass is 10.1. The summed E-state index contributed by atoms with van der Waals surface area (Å²) >= 11 is 0. The first kappa shape index (κ1) is 17.6. The molecular weight excluding hydrogens is 342 g/mol. The fraction of sp³-hybridized carbons (Fsp3) is 0.350. The molecule has 1 aromatic carbocycles. The van der Waals surface area contributed by atoms with Crippen molar-refractivity contribution in [1.82, 2.24) is 19.9 Å². The minimum absolute atomic E-state index is 0.188. The standard InChI is InChI=1S/C20H23N5O2/c1-2-27-19-18-17(23-20(21)24-19)8-7-16(22-18)15-5-3-14(4-6-15)13-25-9-11-26-12-10-25/h3-8H,2,9-13H2,1H3,(H2,21,23,24). The molecule has 4 rings (SSSR count). The highest BCUT2D eigenvalue weighted by Gasteiger charge is 2.12. The molecule has 0 amide bonds. The van der Waals surface area contributed by atoms with Gasteiger partial charge in [-0.05, 0) is 24.6 Å². The van der Waals surface area contributed by atoms with Crippen LogP contribution in [0.25, 0.3) is 22.3 Å². The second kappa shape index (κ2) is 7.85. The van der Waals surface area contributed by atoms with Crippen LogP contribution in [0.3, 0.4) is 0 Å². The van der Waals surface area contributed by atoms with Gasteiger partial charge >= 0.3 is 0 Å². The van der Waals surface area contributed by atoms with E-state index in [4.69, 9.17) is 20.2 Å². The average molecular weight is 365 g/mol. The van der Waals surface area contributed by atoms with Crippen LogP contribution >= 0.6 is 0 Å². The van der Waals surface area contributed by atoms with Crippen molar-refractivity contribution < 1.29 is 9.47 Å². The lowest BCUT2D eigenvalue weighted by Gasteiger charge is -2.26. The maximum atomic E-state index is 5.76. The van der Waals surface area contributed by atoms with E-state index in [2.05, 4.69) is 39.1 Å². The minimum atomic E-state index is 0.188. The second-order valence-electron chi connectivity index (χ2n) is 6.47. The molecule has 27 heavy (non-hydrogen) atoms. The molecule has 3 heterocycles. The van der Waals surface area contributed by atoms with Gasteiger partial charge in [0.25, 0.3) is 0 Å². The van der Waals surface area contributed by atoms with Crippen molar-refractivity contribution in [3.63, 3.8) is 0 Å². The molecule has 0 saturated carbocycles. The van der Waals surface area contributed by atoms with Crippen molar-refractivity contribution in [1.29, 1.82) is 0 Å². The topological polar surface area (TPSA) is 86.4 Å². The number of anilines is 1. The third kappa shape index (κ3) is 3.99. The third-order valence-electron chi connectivity index (χ3n) is 4.57. The van der Waals surface area contributed by atoms with Gasteiger partial charge in [-0.1, -0.05) is 24.3 Å². The van der Waals surface area contributed by atoms with E-state index in [-0.39, 0.29) is 5.95 Å². The van der Waals surface area contributed by atoms with Gasteiger partial charge < -0.3 is 15.2 Å². The number of benzene rings is 1. The second-order valence-corrected chi connectivity index (χ2v) is 6.47. The van der Waals surface area contributed by atoms with Crippen molar-refractivity contribution in [2.75, 3.05) is 38.6 Å². The zero-order valence-electron chi connectivity index (χ0n) is 15.4. The number of nitrogens with two attached hydrogens (primary N) is 1. The first-order chi connectivity index (χ1) is 13.2. The SMILES string of the molecule is CCOc1nc(N)nc2ccc(-c3ccc(CN4CCOCC4)cc3)nc12. The summed E-state index contributed by atoms with van der Waals surface area (Å²) in [5.41, 5.74) is 10.2. The average Bonchev–Trinajstić information content (AvgIpc) is 2.69. The Morgan fingerprint density at radius 2 is 1.81 bits per heavy atom. The van der Waals surface area contributed by atoms with Crippen LogP contribution in [0, 0.1) is 0 Å². The van der Waals surface area contributed by atoms with E-state index in [9.17, 15) is 0 Å². The predicted molar refractivity (Wildman–Crippen MR) is 104 cm³/mol. The summed E-state index contributed by atoms with van der Waals surface area (Å²) in [6, 6.07) is 12.4. The maximum Gasteiger partial charge on any atom is 0.245 e. The Kier molecular flexibility index (Phi) is 5.13. The summed E-state index contributed by atoms with van der Waals surface area (Å²) in [6.07, 6.45) is 0. The van der Waals surface area contributed by atoms with Crippen LogP contribution < -0.4 is 10.5 Å². The van der Waals surface area contributed by atoms with E-state index in [1.165, 1.54) is 5.56 Å². The molecule has 0 atom stereocenters. The first-order valence-corrected chi connectivity index (χ1v) is 9.19. The van der Waals surface area contributed by atoms with E-state index in [1.54, 1.807) is 0 Å². The van der Waals surface area contributed by atoms with E-state index in [0.29, 0.717) is 23.5 Å². The van der Waals surface area contributed by atoms with Crippen LogP contribution in [-0.2, 0) is 11.3 Å². The molecule has 7 heteroatoms. The molecule has 0 radical (unpaired) electrons. The van der Waals surface area contributed by atoms with E-state index < -0.39 is 0 Å². The smallest absolute Gasteiger partial charge is 0.245 e. The van der Waals surface area contributed by atoms with Crippen molar-refractivity contribution >= 4 is 17.0 Å². The number of aromatic nitrogens is 3. The molecular formula is C20H23N5O2. The highest BCUT2D eigenvalue weighted by molar-refractivity contribution is 5.83. The number of ether oxygens (including phenoxy) is 2. The molecule has 2 N–H and O–H groups in total. The molecule has 1 saturated heterocycles. The van der Waals surface area contributed by atoms with Gasteiger partial charge in [0, 0.05) is 25.2 Å². The number of nitrogens with zero attached hydrogens (tertiary/aromatic N) is 4. The van der Waals surface area contributed by atoms with Gasteiger partial charge in [-0.2, -0.15) is 4.98 Å². The first-order valence-electron chi connectivity index (χ1n) is 9.19. The number of pyridine rings is 1. The lowest BCUT2D eigenvalue weighted by Crippen LogP contribution is -2.35. The minimum Gasteiger partial charge on any atom is -0.476 e. The maximum absolute atomic E-state index is 5.76. The predicted octanol–water partition coefficient (Wildman–Crippen LogP) is 2.50. The van der Waals surface area contributed by atoms with Crippen molar-refractivity contribution in [3.05, 3.63) is 42.0 Å². The van der Waals surface area contributed by atoms with Gasteiger partial charge in [-0.3, -0.25) is 4.90 Å². The Labute approximate surface area is 158 Å². The Morgan fingerprint density at radius 1 is 1.04 bits per heavy atom. The number of morpholine rings is 1. The molecule has 140 valence electrons. The van der Waals surface area contributed by atoms with Gasteiger partial charge in [0.05, 0.1) is 31.0 Å². The number of rotatable bonds is 5. The number of nitrogen functional groups attached to an aromatic ring is 1. The zero-order chi connectivity index (χ0) is 18.6. The van der Waals surface area contributed by atoms with Gasteiger partial charge in [0.1, 0.15) is 0 Å². The quantitative estimate of drug-likeness (QED) is 0.743.